The minimum atomic E-state index is -0.540. The molecule has 2 aromatic carbocycles. The van der Waals surface area contributed by atoms with E-state index in [1.165, 1.54) is 36.5 Å². The fraction of sp³-hybridized carbons (Fsp3) is 0.0500. The van der Waals surface area contributed by atoms with Gasteiger partial charge in [0.1, 0.15) is 11.5 Å². The van der Waals surface area contributed by atoms with Crippen molar-refractivity contribution in [1.29, 1.82) is 0 Å². The minimum Gasteiger partial charge on any atom is -0.348 e. The summed E-state index contributed by atoms with van der Waals surface area (Å²) in [5.41, 5.74) is 1.41. The number of anilines is 1. The summed E-state index contributed by atoms with van der Waals surface area (Å²) in [6.45, 7) is 0.256. The van der Waals surface area contributed by atoms with Crippen LogP contribution in [0, 0.1) is 5.82 Å². The molecule has 0 saturated carbocycles. The molecule has 0 bridgehead atoms. The number of nitrogens with zero attached hydrogens (tertiary/aromatic N) is 1. The quantitative estimate of drug-likeness (QED) is 0.698. The molecule has 3 rings (SSSR count). The topological polar surface area (TPSA) is 71.1 Å². The average Bonchev–Trinajstić information content (AvgIpc) is 2.67. The van der Waals surface area contributed by atoms with Crippen LogP contribution in [0.5, 0.6) is 0 Å². The van der Waals surface area contributed by atoms with Gasteiger partial charge in [-0.05, 0) is 42.0 Å². The Labute approximate surface area is 160 Å². The van der Waals surface area contributed by atoms with E-state index in [1.54, 1.807) is 18.2 Å². The molecule has 0 aliphatic heterocycles. The molecule has 2 amide bonds. The number of carbonyl (C=O) groups excluding carboxylic acids is 2. The predicted molar refractivity (Wildman–Crippen MR) is 101 cm³/mol. The lowest BCUT2D eigenvalue weighted by Gasteiger charge is -2.08. The molecule has 0 spiro atoms. The van der Waals surface area contributed by atoms with Gasteiger partial charge >= 0.3 is 0 Å². The third kappa shape index (κ3) is 4.89. The normalized spacial score (nSPS) is 10.3. The molecule has 5 nitrogen and oxygen atoms in total. The highest BCUT2D eigenvalue weighted by Gasteiger charge is 2.13. The Balaban J connectivity index is 1.68. The first-order valence-electron chi connectivity index (χ1n) is 8.07. The lowest BCUT2D eigenvalue weighted by atomic mass is 10.2. The van der Waals surface area contributed by atoms with Gasteiger partial charge in [0, 0.05) is 29.0 Å². The predicted octanol–water partition coefficient (Wildman–Crippen LogP) is 4.06. The molecule has 27 heavy (non-hydrogen) atoms. The number of halogens is 2. The van der Waals surface area contributed by atoms with E-state index < -0.39 is 11.7 Å². The molecule has 0 unspecified atom stereocenters. The van der Waals surface area contributed by atoms with Crippen LogP contribution in [0.2, 0.25) is 5.02 Å². The number of nitrogens with one attached hydrogen (secondary N) is 2. The highest BCUT2D eigenvalue weighted by atomic mass is 35.5. The van der Waals surface area contributed by atoms with Crippen LogP contribution in [0.1, 0.15) is 26.4 Å². The van der Waals surface area contributed by atoms with Gasteiger partial charge in [-0.2, -0.15) is 0 Å². The van der Waals surface area contributed by atoms with Gasteiger partial charge in [0.25, 0.3) is 11.8 Å². The standard InChI is InChI=1S/C20H15ClFN3O2/c21-17-7-2-1-4-14(17)12-24-19(26)13-8-9-23-18(10-13)20(27)25-16-6-3-5-15(22)11-16/h1-11H,12H2,(H,24,26)(H,25,27). The van der Waals surface area contributed by atoms with Crippen LogP contribution < -0.4 is 10.6 Å². The molecule has 2 N–H and O–H groups in total. The minimum absolute atomic E-state index is 0.0460. The second-order valence-electron chi connectivity index (χ2n) is 5.67. The Morgan fingerprint density at radius 3 is 2.59 bits per heavy atom. The Morgan fingerprint density at radius 1 is 1.00 bits per heavy atom. The molecule has 0 aliphatic rings. The summed E-state index contributed by atoms with van der Waals surface area (Å²) in [4.78, 5) is 28.6. The summed E-state index contributed by atoms with van der Waals surface area (Å²) in [7, 11) is 0. The van der Waals surface area contributed by atoms with Gasteiger partial charge in [-0.1, -0.05) is 35.9 Å². The van der Waals surface area contributed by atoms with E-state index in [0.29, 0.717) is 10.7 Å². The van der Waals surface area contributed by atoms with Crippen LogP contribution >= 0.6 is 11.6 Å². The molecule has 0 saturated heterocycles. The Morgan fingerprint density at radius 2 is 1.81 bits per heavy atom. The molecule has 3 aromatic rings. The second kappa shape index (κ2) is 8.42. The van der Waals surface area contributed by atoms with Crippen molar-refractivity contribution in [2.24, 2.45) is 0 Å². The van der Waals surface area contributed by atoms with E-state index in [-0.39, 0.29) is 23.7 Å². The SMILES string of the molecule is O=C(NCc1ccccc1Cl)c1ccnc(C(=O)Nc2cccc(F)c2)c1. The molecule has 0 radical (unpaired) electrons. The number of amides is 2. The molecule has 0 fully saturated rings. The molecular formula is C20H15ClFN3O2. The van der Waals surface area contributed by atoms with Crippen molar-refractivity contribution in [1.82, 2.24) is 10.3 Å². The maximum Gasteiger partial charge on any atom is 0.274 e. The third-order valence-electron chi connectivity index (χ3n) is 3.73. The molecule has 0 atom stereocenters. The lowest BCUT2D eigenvalue weighted by Crippen LogP contribution is -2.24. The summed E-state index contributed by atoms with van der Waals surface area (Å²) in [6.07, 6.45) is 1.37. The van der Waals surface area contributed by atoms with E-state index >= 15 is 0 Å². The van der Waals surface area contributed by atoms with E-state index in [0.717, 1.165) is 5.56 Å². The van der Waals surface area contributed by atoms with Crippen LogP contribution in [0.4, 0.5) is 10.1 Å². The number of benzene rings is 2. The van der Waals surface area contributed by atoms with Gasteiger partial charge in [-0.25, -0.2) is 4.39 Å². The number of pyridine rings is 1. The Kier molecular flexibility index (Phi) is 5.78. The summed E-state index contributed by atoms with van der Waals surface area (Å²) >= 11 is 6.07. The Bertz CT molecular complexity index is 994. The van der Waals surface area contributed by atoms with Crippen molar-refractivity contribution < 1.29 is 14.0 Å². The van der Waals surface area contributed by atoms with E-state index in [4.69, 9.17) is 11.6 Å². The van der Waals surface area contributed by atoms with E-state index in [1.807, 2.05) is 12.1 Å². The maximum atomic E-state index is 13.2. The smallest absolute Gasteiger partial charge is 0.274 e. The van der Waals surface area contributed by atoms with Gasteiger partial charge in [0.15, 0.2) is 0 Å². The van der Waals surface area contributed by atoms with Crippen LogP contribution in [0.25, 0.3) is 0 Å². The third-order valence-corrected chi connectivity index (χ3v) is 4.10. The number of hydrogen-bond donors (Lipinski definition) is 2. The lowest BCUT2D eigenvalue weighted by molar-refractivity contribution is 0.0951. The maximum absolute atomic E-state index is 13.2. The molecule has 0 aliphatic carbocycles. The monoisotopic (exact) mass is 383 g/mol. The first-order valence-corrected chi connectivity index (χ1v) is 8.45. The summed E-state index contributed by atoms with van der Waals surface area (Å²) in [6, 6.07) is 15.6. The van der Waals surface area contributed by atoms with Crippen molar-refractivity contribution >= 4 is 29.1 Å². The van der Waals surface area contributed by atoms with Gasteiger partial charge in [-0.15, -0.1) is 0 Å². The largest absolute Gasteiger partial charge is 0.348 e. The van der Waals surface area contributed by atoms with Crippen LogP contribution in [-0.2, 0) is 6.54 Å². The van der Waals surface area contributed by atoms with Crippen LogP contribution in [-0.4, -0.2) is 16.8 Å². The van der Waals surface area contributed by atoms with E-state index in [2.05, 4.69) is 15.6 Å². The second-order valence-corrected chi connectivity index (χ2v) is 6.08. The number of rotatable bonds is 5. The van der Waals surface area contributed by atoms with Crippen molar-refractivity contribution in [2.75, 3.05) is 5.32 Å². The molecule has 7 heteroatoms. The molecule has 1 heterocycles. The zero-order valence-corrected chi connectivity index (χ0v) is 14.8. The highest BCUT2D eigenvalue weighted by Crippen LogP contribution is 2.15. The number of hydrogen-bond acceptors (Lipinski definition) is 3. The summed E-state index contributed by atoms with van der Waals surface area (Å²) in [5, 5.41) is 5.84. The Hall–Kier alpha value is -3.25. The van der Waals surface area contributed by atoms with Crippen LogP contribution in [0.15, 0.2) is 66.9 Å². The molecular weight excluding hydrogens is 369 g/mol. The summed E-state index contributed by atoms with van der Waals surface area (Å²) < 4.78 is 13.2. The average molecular weight is 384 g/mol. The van der Waals surface area contributed by atoms with Crippen molar-refractivity contribution in [3.05, 3.63) is 94.5 Å². The van der Waals surface area contributed by atoms with E-state index in [9.17, 15) is 14.0 Å². The number of carbonyl (C=O) groups is 2. The van der Waals surface area contributed by atoms with Crippen molar-refractivity contribution in [2.45, 2.75) is 6.54 Å². The molecule has 136 valence electrons. The van der Waals surface area contributed by atoms with Gasteiger partial charge in [0.2, 0.25) is 0 Å². The fourth-order valence-corrected chi connectivity index (χ4v) is 2.58. The first-order chi connectivity index (χ1) is 13.0. The van der Waals surface area contributed by atoms with Crippen molar-refractivity contribution in [3.63, 3.8) is 0 Å². The number of aromatic nitrogens is 1. The zero-order valence-electron chi connectivity index (χ0n) is 14.1. The highest BCUT2D eigenvalue weighted by molar-refractivity contribution is 6.31. The van der Waals surface area contributed by atoms with Gasteiger partial charge in [-0.3, -0.25) is 14.6 Å². The fourth-order valence-electron chi connectivity index (χ4n) is 2.38. The zero-order chi connectivity index (χ0) is 19.2. The molecule has 1 aromatic heterocycles. The first kappa shape index (κ1) is 18.5. The van der Waals surface area contributed by atoms with Crippen molar-refractivity contribution in [3.8, 4) is 0 Å². The van der Waals surface area contributed by atoms with Gasteiger partial charge < -0.3 is 10.6 Å². The summed E-state index contributed by atoms with van der Waals surface area (Å²) in [5.74, 6) is -1.37. The van der Waals surface area contributed by atoms with Crippen LogP contribution in [0.3, 0.4) is 0 Å². The van der Waals surface area contributed by atoms with Gasteiger partial charge in [0.05, 0.1) is 0 Å².